The summed E-state index contributed by atoms with van der Waals surface area (Å²) >= 11 is 0. The summed E-state index contributed by atoms with van der Waals surface area (Å²) in [5.41, 5.74) is 3.19. The summed E-state index contributed by atoms with van der Waals surface area (Å²) in [6.45, 7) is 1.93. The van der Waals surface area contributed by atoms with E-state index in [1.165, 1.54) is 36.4 Å². The number of nitro benzene ring substituents is 1. The van der Waals surface area contributed by atoms with Crippen LogP contribution in [0.15, 0.2) is 54.6 Å². The number of anilines is 1. The van der Waals surface area contributed by atoms with Crippen molar-refractivity contribution in [2.75, 3.05) is 5.32 Å². The highest BCUT2D eigenvalue weighted by Gasteiger charge is 2.33. The molecule has 0 saturated heterocycles. The Kier molecular flexibility index (Phi) is 5.15. The minimum atomic E-state index is -3.29. The summed E-state index contributed by atoms with van der Waals surface area (Å²) in [4.78, 5) is 22.8. The molecule has 0 unspecified atom stereocenters. The zero-order valence-electron chi connectivity index (χ0n) is 16.5. The lowest BCUT2D eigenvalue weighted by molar-refractivity contribution is -0.384. The van der Waals surface area contributed by atoms with Gasteiger partial charge in [0.15, 0.2) is 9.84 Å². The van der Waals surface area contributed by atoms with Gasteiger partial charge in [0.2, 0.25) is 5.91 Å². The van der Waals surface area contributed by atoms with Crippen molar-refractivity contribution in [1.29, 1.82) is 0 Å². The second kappa shape index (κ2) is 7.80. The quantitative estimate of drug-likeness (QED) is 0.371. The van der Waals surface area contributed by atoms with Crippen LogP contribution < -0.4 is 5.32 Å². The van der Waals surface area contributed by atoms with Gasteiger partial charge < -0.3 is 5.32 Å². The molecule has 31 heavy (non-hydrogen) atoms. The van der Waals surface area contributed by atoms with Gasteiger partial charge in [-0.15, -0.1) is 0 Å². The number of nitrogens with zero attached hydrogens (tertiary/aromatic N) is 3. The van der Waals surface area contributed by atoms with Crippen molar-refractivity contribution in [2.45, 2.75) is 18.4 Å². The molecule has 10 heteroatoms. The molecule has 1 amide bonds. The summed E-state index contributed by atoms with van der Waals surface area (Å²) in [7, 11) is -3.29. The summed E-state index contributed by atoms with van der Waals surface area (Å²) in [5, 5.41) is 17.9. The van der Waals surface area contributed by atoms with Crippen LogP contribution >= 0.6 is 0 Å². The molecule has 9 nitrogen and oxygen atoms in total. The smallest absolute Gasteiger partial charge is 0.269 e. The van der Waals surface area contributed by atoms with E-state index < -0.39 is 20.7 Å². The van der Waals surface area contributed by atoms with E-state index in [2.05, 4.69) is 10.4 Å². The highest BCUT2D eigenvalue weighted by Crippen LogP contribution is 2.33. The van der Waals surface area contributed by atoms with Gasteiger partial charge in [-0.25, -0.2) is 13.1 Å². The van der Waals surface area contributed by atoms with Crippen molar-refractivity contribution < 1.29 is 18.1 Å². The fourth-order valence-electron chi connectivity index (χ4n) is 3.35. The average Bonchev–Trinajstić information content (AvgIpc) is 3.19. The number of rotatable bonds is 5. The van der Waals surface area contributed by atoms with Gasteiger partial charge in [0.25, 0.3) is 5.69 Å². The number of hydrogen-bond donors (Lipinski definition) is 1. The SMILES string of the molecule is Cc1cccc(-n2nc3c(c2NC(=O)/C=C\c2ccc([N+](=O)[O-])cc2)CS(=O)(=O)C3)c1. The minimum Gasteiger partial charge on any atom is -0.307 e. The van der Waals surface area contributed by atoms with Crippen molar-refractivity contribution >= 4 is 33.3 Å². The third kappa shape index (κ3) is 4.38. The van der Waals surface area contributed by atoms with Crippen LogP contribution in [0.4, 0.5) is 11.5 Å². The van der Waals surface area contributed by atoms with E-state index in [1.807, 2.05) is 31.2 Å². The third-order valence-corrected chi connectivity index (χ3v) is 6.25. The van der Waals surface area contributed by atoms with Crippen molar-refractivity contribution in [3.05, 3.63) is 87.1 Å². The van der Waals surface area contributed by atoms with E-state index in [0.29, 0.717) is 28.3 Å². The Morgan fingerprint density at radius 1 is 1.19 bits per heavy atom. The zero-order valence-corrected chi connectivity index (χ0v) is 17.3. The highest BCUT2D eigenvalue weighted by atomic mass is 32.2. The van der Waals surface area contributed by atoms with Gasteiger partial charge in [0, 0.05) is 23.8 Å². The Hall–Kier alpha value is -3.79. The standard InChI is InChI=1S/C21H18N4O5S/c1-14-3-2-4-17(11-14)24-21(18-12-31(29,30)13-19(18)23-24)22-20(26)10-7-15-5-8-16(9-6-15)25(27)28/h2-11H,12-13H2,1H3,(H,22,26)/b10-7-. The number of amides is 1. The fourth-order valence-corrected chi connectivity index (χ4v) is 4.85. The number of carbonyl (C=O) groups excluding carboxylic acids is 1. The van der Waals surface area contributed by atoms with Gasteiger partial charge >= 0.3 is 0 Å². The van der Waals surface area contributed by atoms with Gasteiger partial charge in [-0.05, 0) is 48.4 Å². The lowest BCUT2D eigenvalue weighted by Gasteiger charge is -2.10. The van der Waals surface area contributed by atoms with Crippen molar-refractivity contribution in [1.82, 2.24) is 9.78 Å². The molecule has 1 aliphatic heterocycles. The van der Waals surface area contributed by atoms with Crippen molar-refractivity contribution in [3.8, 4) is 5.69 Å². The van der Waals surface area contributed by atoms with Crippen LogP contribution in [-0.2, 0) is 26.1 Å². The predicted octanol–water partition coefficient (Wildman–Crippen LogP) is 3.17. The summed E-state index contributed by atoms with van der Waals surface area (Å²) in [6.07, 6.45) is 2.80. The maximum absolute atomic E-state index is 12.6. The third-order valence-electron chi connectivity index (χ3n) is 4.81. The molecule has 0 fully saturated rings. The number of nitrogens with one attached hydrogen (secondary N) is 1. The maximum Gasteiger partial charge on any atom is 0.269 e. The molecular weight excluding hydrogens is 420 g/mol. The van der Waals surface area contributed by atoms with Gasteiger partial charge in [-0.3, -0.25) is 14.9 Å². The number of nitro groups is 1. The Balaban J connectivity index is 1.62. The van der Waals surface area contributed by atoms with Crippen LogP contribution in [0.25, 0.3) is 11.8 Å². The van der Waals surface area contributed by atoms with Crippen molar-refractivity contribution in [3.63, 3.8) is 0 Å². The molecule has 2 heterocycles. The zero-order chi connectivity index (χ0) is 22.2. The lowest BCUT2D eigenvalue weighted by Crippen LogP contribution is -2.14. The Morgan fingerprint density at radius 2 is 1.94 bits per heavy atom. The summed E-state index contributed by atoms with van der Waals surface area (Å²) < 4.78 is 25.6. The predicted molar refractivity (Wildman–Crippen MR) is 115 cm³/mol. The Morgan fingerprint density at radius 3 is 2.61 bits per heavy atom. The van der Waals surface area contributed by atoms with E-state index in [4.69, 9.17) is 0 Å². The monoisotopic (exact) mass is 438 g/mol. The molecule has 3 aromatic rings. The van der Waals surface area contributed by atoms with Crippen LogP contribution in [0, 0.1) is 17.0 Å². The minimum absolute atomic E-state index is 0.0413. The fraction of sp³-hybridized carbons (Fsp3) is 0.143. The van der Waals surface area contributed by atoms with E-state index in [1.54, 1.807) is 4.68 Å². The second-order valence-corrected chi connectivity index (χ2v) is 9.29. The van der Waals surface area contributed by atoms with Crippen LogP contribution in [0.2, 0.25) is 0 Å². The number of sulfone groups is 1. The van der Waals surface area contributed by atoms with E-state index >= 15 is 0 Å². The number of fused-ring (bicyclic) bond motifs is 1. The Bertz CT molecular complexity index is 1320. The summed E-state index contributed by atoms with van der Waals surface area (Å²) in [5.74, 6) is -0.502. The molecule has 0 atom stereocenters. The molecule has 0 aliphatic carbocycles. The largest absolute Gasteiger partial charge is 0.307 e. The highest BCUT2D eigenvalue weighted by molar-refractivity contribution is 7.90. The first kappa shape index (κ1) is 20.5. The first-order chi connectivity index (χ1) is 14.7. The average molecular weight is 438 g/mol. The van der Waals surface area contributed by atoms with Crippen LogP contribution in [0.1, 0.15) is 22.4 Å². The van der Waals surface area contributed by atoms with E-state index in [9.17, 15) is 23.3 Å². The number of non-ortho nitro benzene ring substituents is 1. The van der Waals surface area contributed by atoms with Crippen LogP contribution in [0.5, 0.6) is 0 Å². The van der Waals surface area contributed by atoms with Gasteiger partial charge in [-0.1, -0.05) is 12.1 Å². The van der Waals surface area contributed by atoms with Crippen molar-refractivity contribution in [2.24, 2.45) is 0 Å². The molecule has 0 bridgehead atoms. The first-order valence-electron chi connectivity index (χ1n) is 9.33. The number of aryl methyl sites for hydroxylation is 1. The van der Waals surface area contributed by atoms with Crippen LogP contribution in [-0.4, -0.2) is 29.0 Å². The Labute approximate surface area is 178 Å². The molecule has 4 rings (SSSR count). The molecule has 0 radical (unpaired) electrons. The molecule has 1 N–H and O–H groups in total. The maximum atomic E-state index is 12.6. The number of aromatic nitrogens is 2. The molecule has 0 saturated carbocycles. The normalized spacial score (nSPS) is 14.5. The molecule has 1 aromatic heterocycles. The topological polar surface area (TPSA) is 124 Å². The summed E-state index contributed by atoms with van der Waals surface area (Å²) in [6, 6.07) is 13.3. The molecule has 0 spiro atoms. The lowest BCUT2D eigenvalue weighted by atomic mass is 10.2. The second-order valence-electron chi connectivity index (χ2n) is 7.23. The molecule has 1 aliphatic rings. The number of benzene rings is 2. The number of hydrogen-bond acceptors (Lipinski definition) is 6. The number of carbonyl (C=O) groups is 1. The van der Waals surface area contributed by atoms with Gasteiger partial charge in [0.05, 0.1) is 27.8 Å². The van der Waals surface area contributed by atoms with Crippen LogP contribution in [0.3, 0.4) is 0 Å². The van der Waals surface area contributed by atoms with Gasteiger partial charge in [0.1, 0.15) is 5.82 Å². The van der Waals surface area contributed by atoms with E-state index in [0.717, 1.165) is 5.56 Å². The molecule has 2 aromatic carbocycles. The van der Waals surface area contributed by atoms with E-state index in [-0.39, 0.29) is 17.2 Å². The van der Waals surface area contributed by atoms with Gasteiger partial charge in [-0.2, -0.15) is 5.10 Å². The molecular formula is C21H18N4O5S. The molecule has 158 valence electrons. The first-order valence-corrected chi connectivity index (χ1v) is 11.2.